The number of carbonyl (C=O) groups excluding carboxylic acids is 1. The molecule has 2 aromatic rings. The van der Waals surface area contributed by atoms with Gasteiger partial charge in [0.2, 0.25) is 6.41 Å². The third-order valence-corrected chi connectivity index (χ3v) is 5.52. The fourth-order valence-electron chi connectivity index (χ4n) is 3.95. The van der Waals surface area contributed by atoms with Crippen molar-refractivity contribution >= 4 is 18.3 Å². The molecule has 0 spiro atoms. The van der Waals surface area contributed by atoms with Gasteiger partial charge in [-0.2, -0.15) is 0 Å². The summed E-state index contributed by atoms with van der Waals surface area (Å²) in [5.74, 6) is -0.454. The lowest BCUT2D eigenvalue weighted by Crippen LogP contribution is -2.49. The summed E-state index contributed by atoms with van der Waals surface area (Å²) >= 11 is 0. The van der Waals surface area contributed by atoms with Crippen molar-refractivity contribution in [2.24, 2.45) is 4.99 Å². The summed E-state index contributed by atoms with van der Waals surface area (Å²) in [6.45, 7) is 0. The van der Waals surface area contributed by atoms with Crippen molar-refractivity contribution in [1.82, 2.24) is 20.5 Å². The van der Waals surface area contributed by atoms with Crippen LogP contribution < -0.4 is 21.5 Å². The molecule has 1 unspecified atom stereocenters. The molecule has 0 radical (unpaired) electrons. The van der Waals surface area contributed by atoms with Crippen LogP contribution in [0.25, 0.3) is 11.4 Å². The van der Waals surface area contributed by atoms with E-state index in [1.54, 1.807) is 36.5 Å². The number of allylic oxidation sites excluding steroid dienone is 1. The number of hydrogen-bond acceptors (Lipinski definition) is 5. The SMILES string of the molecule is O=CNC1CCC(NC2N=CC(F)=C(c3cccc(-n4ccccc4=O)c3)N2)CC1. The highest BCUT2D eigenvalue weighted by molar-refractivity contribution is 5.89. The maximum atomic E-state index is 14.6. The number of amides is 1. The van der Waals surface area contributed by atoms with Gasteiger partial charge in [0.1, 0.15) is 0 Å². The number of aliphatic imine (C=N–C) groups is 1. The fourth-order valence-corrected chi connectivity index (χ4v) is 3.95. The molecule has 4 rings (SSSR count). The Bertz CT molecular complexity index is 1020. The maximum absolute atomic E-state index is 14.6. The topological polar surface area (TPSA) is 87.5 Å². The van der Waals surface area contributed by atoms with Crippen LogP contribution >= 0.6 is 0 Å². The number of nitrogens with one attached hydrogen (secondary N) is 3. The third kappa shape index (κ3) is 4.49. The Morgan fingerprint density at radius 1 is 1.10 bits per heavy atom. The van der Waals surface area contributed by atoms with E-state index in [0.717, 1.165) is 32.1 Å². The minimum absolute atomic E-state index is 0.151. The normalized spacial score (nSPS) is 23.7. The van der Waals surface area contributed by atoms with E-state index in [1.165, 1.54) is 16.8 Å². The molecule has 0 bridgehead atoms. The van der Waals surface area contributed by atoms with Gasteiger partial charge in [0.15, 0.2) is 12.1 Å². The molecule has 1 aliphatic heterocycles. The molecule has 3 N–H and O–H groups in total. The lowest BCUT2D eigenvalue weighted by molar-refractivity contribution is -0.110. The van der Waals surface area contributed by atoms with Gasteiger partial charge < -0.3 is 10.6 Å². The molecule has 8 heteroatoms. The summed E-state index contributed by atoms with van der Waals surface area (Å²) in [5, 5.41) is 9.38. The van der Waals surface area contributed by atoms with Crippen molar-refractivity contribution in [3.63, 3.8) is 0 Å². The first-order valence-corrected chi connectivity index (χ1v) is 10.1. The van der Waals surface area contributed by atoms with Crippen molar-refractivity contribution in [1.29, 1.82) is 0 Å². The molecule has 1 aliphatic carbocycles. The van der Waals surface area contributed by atoms with E-state index < -0.39 is 12.1 Å². The Hall–Kier alpha value is -3.26. The molecule has 2 heterocycles. The van der Waals surface area contributed by atoms with Crippen LogP contribution in [0.1, 0.15) is 31.2 Å². The van der Waals surface area contributed by atoms with Crippen LogP contribution in [0, 0.1) is 0 Å². The number of halogens is 1. The molecular formula is C22H24FN5O2. The van der Waals surface area contributed by atoms with E-state index in [0.29, 0.717) is 16.9 Å². The van der Waals surface area contributed by atoms with E-state index in [1.807, 2.05) is 6.07 Å². The van der Waals surface area contributed by atoms with Crippen LogP contribution in [0.5, 0.6) is 0 Å². The van der Waals surface area contributed by atoms with Gasteiger partial charge in [-0.25, -0.2) is 4.39 Å². The lowest BCUT2D eigenvalue weighted by atomic mass is 9.91. The third-order valence-electron chi connectivity index (χ3n) is 5.52. The zero-order valence-electron chi connectivity index (χ0n) is 16.4. The highest BCUT2D eigenvalue weighted by atomic mass is 19.1. The number of rotatable bonds is 6. The summed E-state index contributed by atoms with van der Waals surface area (Å²) in [7, 11) is 0. The molecule has 1 atom stereocenters. The molecule has 7 nitrogen and oxygen atoms in total. The second kappa shape index (κ2) is 9.04. The van der Waals surface area contributed by atoms with Gasteiger partial charge in [0.05, 0.1) is 11.9 Å². The molecule has 30 heavy (non-hydrogen) atoms. The van der Waals surface area contributed by atoms with E-state index in [9.17, 15) is 14.0 Å². The summed E-state index contributed by atoms with van der Waals surface area (Å²) in [4.78, 5) is 26.9. The van der Waals surface area contributed by atoms with Gasteiger partial charge in [-0.05, 0) is 43.9 Å². The number of pyridine rings is 1. The lowest BCUT2D eigenvalue weighted by Gasteiger charge is -2.32. The second-order valence-corrected chi connectivity index (χ2v) is 7.51. The summed E-state index contributed by atoms with van der Waals surface area (Å²) in [6.07, 6.45) is 6.84. The molecule has 0 saturated heterocycles. The molecular weight excluding hydrogens is 385 g/mol. The first-order valence-electron chi connectivity index (χ1n) is 10.1. The van der Waals surface area contributed by atoms with Gasteiger partial charge in [0.25, 0.3) is 5.56 Å². The number of benzene rings is 1. The van der Waals surface area contributed by atoms with Crippen LogP contribution in [0.2, 0.25) is 0 Å². The van der Waals surface area contributed by atoms with Crippen LogP contribution in [-0.4, -0.2) is 35.6 Å². The second-order valence-electron chi connectivity index (χ2n) is 7.51. The average Bonchev–Trinajstić information content (AvgIpc) is 2.77. The smallest absolute Gasteiger partial charge is 0.255 e. The Morgan fingerprint density at radius 3 is 2.67 bits per heavy atom. The molecule has 1 aromatic heterocycles. The fraction of sp³-hybridized carbons (Fsp3) is 0.318. The van der Waals surface area contributed by atoms with Crippen molar-refractivity contribution in [2.45, 2.75) is 44.1 Å². The average molecular weight is 409 g/mol. The van der Waals surface area contributed by atoms with Crippen LogP contribution in [0.3, 0.4) is 0 Å². The van der Waals surface area contributed by atoms with Gasteiger partial charge in [-0.3, -0.25) is 24.5 Å². The molecule has 1 aromatic carbocycles. The first-order chi connectivity index (χ1) is 14.6. The highest BCUT2D eigenvalue weighted by Gasteiger charge is 2.25. The largest absolute Gasteiger partial charge is 0.356 e. The first kappa shape index (κ1) is 20.0. The van der Waals surface area contributed by atoms with Crippen LogP contribution in [-0.2, 0) is 4.79 Å². The Labute approximate surface area is 173 Å². The number of carbonyl (C=O) groups is 1. The predicted octanol–water partition coefficient (Wildman–Crippen LogP) is 2.08. The Kier molecular flexibility index (Phi) is 6.04. The molecule has 156 valence electrons. The number of nitrogens with zero attached hydrogens (tertiary/aromatic N) is 2. The predicted molar refractivity (Wildman–Crippen MR) is 114 cm³/mol. The summed E-state index contributed by atoms with van der Waals surface area (Å²) in [5.41, 5.74) is 1.48. The zero-order chi connectivity index (χ0) is 20.9. The van der Waals surface area contributed by atoms with E-state index >= 15 is 0 Å². The van der Waals surface area contributed by atoms with E-state index in [2.05, 4.69) is 20.9 Å². The van der Waals surface area contributed by atoms with Crippen molar-refractivity contribution in [3.05, 3.63) is 70.4 Å². The van der Waals surface area contributed by atoms with Crippen LogP contribution in [0.4, 0.5) is 4.39 Å². The van der Waals surface area contributed by atoms with Gasteiger partial charge >= 0.3 is 0 Å². The Balaban J connectivity index is 1.47. The van der Waals surface area contributed by atoms with Gasteiger partial charge in [0, 0.05) is 35.6 Å². The molecule has 2 aliphatic rings. The molecule has 1 amide bonds. The van der Waals surface area contributed by atoms with Gasteiger partial charge in [-0.15, -0.1) is 0 Å². The summed E-state index contributed by atoms with van der Waals surface area (Å²) in [6, 6.07) is 12.6. The maximum Gasteiger partial charge on any atom is 0.255 e. The van der Waals surface area contributed by atoms with E-state index in [-0.39, 0.29) is 17.6 Å². The number of aromatic nitrogens is 1. The minimum Gasteiger partial charge on any atom is -0.356 e. The standard InChI is InChI=1S/C22H24FN5O2/c23-19-13-24-22(26-17-9-7-16(8-10-17)25-14-29)27-21(19)15-4-3-5-18(12-15)28-11-2-1-6-20(28)30/h1-6,11-14,16-17,22,26-27H,7-10H2,(H,25,29). The summed E-state index contributed by atoms with van der Waals surface area (Å²) < 4.78 is 16.1. The zero-order valence-corrected chi connectivity index (χ0v) is 16.4. The van der Waals surface area contributed by atoms with Crippen molar-refractivity contribution < 1.29 is 9.18 Å². The molecule has 1 fully saturated rings. The minimum atomic E-state index is -0.454. The highest BCUT2D eigenvalue weighted by Crippen LogP contribution is 2.23. The Morgan fingerprint density at radius 2 is 1.90 bits per heavy atom. The molecule has 1 saturated carbocycles. The van der Waals surface area contributed by atoms with Crippen LogP contribution in [0.15, 0.2) is 64.3 Å². The monoisotopic (exact) mass is 409 g/mol. The number of hydrogen-bond donors (Lipinski definition) is 3. The van der Waals surface area contributed by atoms with Crippen molar-refractivity contribution in [3.8, 4) is 5.69 Å². The van der Waals surface area contributed by atoms with E-state index in [4.69, 9.17) is 0 Å². The van der Waals surface area contributed by atoms with Gasteiger partial charge in [-0.1, -0.05) is 18.2 Å². The quantitative estimate of drug-likeness (QED) is 0.638. The van der Waals surface area contributed by atoms with Crippen molar-refractivity contribution in [2.75, 3.05) is 0 Å².